The van der Waals surface area contributed by atoms with E-state index in [4.69, 9.17) is 23.2 Å². The first-order chi connectivity index (χ1) is 12.4. The molecule has 0 saturated heterocycles. The summed E-state index contributed by atoms with van der Waals surface area (Å²) < 4.78 is 1.85. The van der Waals surface area contributed by atoms with Crippen LogP contribution in [0, 0.1) is 6.92 Å². The number of carbonyl (C=O) groups excluding carboxylic acids is 1. The van der Waals surface area contributed by atoms with Gasteiger partial charge in [0, 0.05) is 15.4 Å². The lowest BCUT2D eigenvalue weighted by Crippen LogP contribution is -2.36. The third-order valence-electron chi connectivity index (χ3n) is 4.21. The van der Waals surface area contributed by atoms with Gasteiger partial charge in [-0.3, -0.25) is 9.48 Å². The average Bonchev–Trinajstić information content (AvgIpc) is 3.17. The van der Waals surface area contributed by atoms with Gasteiger partial charge in [0.25, 0.3) is 5.91 Å². The van der Waals surface area contributed by atoms with Gasteiger partial charge in [0.15, 0.2) is 0 Å². The number of benzene rings is 1. The number of thiophene rings is 1. The molecule has 0 aliphatic rings. The van der Waals surface area contributed by atoms with Gasteiger partial charge >= 0.3 is 0 Å². The minimum Gasteiger partial charge on any atom is -0.394 e. The number of rotatable bonds is 6. The molecule has 138 valence electrons. The van der Waals surface area contributed by atoms with Crippen molar-refractivity contribution >= 4 is 50.7 Å². The van der Waals surface area contributed by atoms with E-state index in [0.29, 0.717) is 27.9 Å². The van der Waals surface area contributed by atoms with Crippen LogP contribution in [0.1, 0.15) is 34.3 Å². The molecule has 0 fully saturated rings. The van der Waals surface area contributed by atoms with E-state index in [1.807, 2.05) is 30.7 Å². The smallest absolute Gasteiger partial charge is 0.261 e. The highest BCUT2D eigenvalue weighted by Crippen LogP contribution is 2.30. The summed E-state index contributed by atoms with van der Waals surface area (Å²) in [6.07, 6.45) is 0.676. The number of halogens is 2. The highest BCUT2D eigenvalue weighted by molar-refractivity contribution is 7.20. The second kappa shape index (κ2) is 7.96. The summed E-state index contributed by atoms with van der Waals surface area (Å²) in [6.45, 7) is 4.26. The Balaban J connectivity index is 1.90. The summed E-state index contributed by atoms with van der Waals surface area (Å²) in [5.74, 6) is -0.178. The molecule has 2 N–H and O–H groups in total. The van der Waals surface area contributed by atoms with Crippen molar-refractivity contribution in [2.75, 3.05) is 6.61 Å². The van der Waals surface area contributed by atoms with Gasteiger partial charge in [-0.2, -0.15) is 5.10 Å². The Morgan fingerprint density at radius 3 is 2.81 bits per heavy atom. The number of nitrogens with one attached hydrogen (secondary N) is 1. The van der Waals surface area contributed by atoms with Crippen LogP contribution in [-0.4, -0.2) is 33.4 Å². The number of aliphatic hydroxyl groups is 1. The molecule has 3 rings (SSSR count). The zero-order valence-electron chi connectivity index (χ0n) is 14.4. The van der Waals surface area contributed by atoms with E-state index in [9.17, 15) is 9.90 Å². The van der Waals surface area contributed by atoms with E-state index in [1.54, 1.807) is 12.1 Å². The number of nitrogens with zero attached hydrogens (tertiary/aromatic N) is 2. The predicted octanol–water partition coefficient (Wildman–Crippen LogP) is 4.26. The largest absolute Gasteiger partial charge is 0.394 e. The highest BCUT2D eigenvalue weighted by Gasteiger charge is 2.18. The van der Waals surface area contributed by atoms with Crippen molar-refractivity contribution in [3.63, 3.8) is 0 Å². The number of fused-ring (bicyclic) bond motifs is 1. The fourth-order valence-corrected chi connectivity index (χ4v) is 4.21. The number of hydrogen-bond donors (Lipinski definition) is 2. The van der Waals surface area contributed by atoms with E-state index in [1.165, 1.54) is 11.3 Å². The van der Waals surface area contributed by atoms with Crippen LogP contribution in [0.15, 0.2) is 24.3 Å². The molecule has 0 radical (unpaired) electrons. The summed E-state index contributed by atoms with van der Waals surface area (Å²) in [4.78, 5) is 13.9. The molecule has 8 heteroatoms. The minimum absolute atomic E-state index is 0.0744. The van der Waals surface area contributed by atoms with Crippen molar-refractivity contribution in [1.82, 2.24) is 15.1 Å². The van der Waals surface area contributed by atoms with Crippen LogP contribution in [0.4, 0.5) is 0 Å². The Labute approximate surface area is 165 Å². The number of hydrogen-bond acceptors (Lipinski definition) is 4. The van der Waals surface area contributed by atoms with E-state index in [-0.39, 0.29) is 18.6 Å². The Morgan fingerprint density at radius 1 is 1.38 bits per heavy atom. The third kappa shape index (κ3) is 3.88. The summed E-state index contributed by atoms with van der Waals surface area (Å²) in [6, 6.07) is 6.99. The first-order valence-electron chi connectivity index (χ1n) is 8.25. The fourth-order valence-electron chi connectivity index (χ4n) is 2.68. The number of aliphatic hydroxyl groups excluding tert-OH is 1. The Bertz CT molecular complexity index is 947. The standard InChI is InChI=1S/C18H19Cl2N3O2S/c1-3-13(9-24)21-17(25)16-7-14-10(2)22-23(18(14)26-16)8-11-4-5-12(19)6-15(11)20/h4-7,13,24H,3,8-9H2,1-2H3,(H,21,25). The van der Waals surface area contributed by atoms with Crippen molar-refractivity contribution in [3.8, 4) is 0 Å². The monoisotopic (exact) mass is 411 g/mol. The maximum Gasteiger partial charge on any atom is 0.261 e. The van der Waals surface area contributed by atoms with Gasteiger partial charge < -0.3 is 10.4 Å². The van der Waals surface area contributed by atoms with Crippen molar-refractivity contribution in [2.24, 2.45) is 0 Å². The molecule has 1 aromatic carbocycles. The normalized spacial score (nSPS) is 12.5. The van der Waals surface area contributed by atoms with Crippen LogP contribution >= 0.6 is 34.5 Å². The van der Waals surface area contributed by atoms with Gasteiger partial charge in [0.1, 0.15) is 4.83 Å². The predicted molar refractivity (Wildman–Crippen MR) is 107 cm³/mol. The molecule has 0 aliphatic heterocycles. The van der Waals surface area contributed by atoms with Gasteiger partial charge in [-0.15, -0.1) is 11.3 Å². The lowest BCUT2D eigenvalue weighted by atomic mass is 10.2. The maximum absolute atomic E-state index is 12.4. The van der Waals surface area contributed by atoms with Crippen LogP contribution < -0.4 is 5.32 Å². The molecule has 2 heterocycles. The molecule has 2 aromatic heterocycles. The van der Waals surface area contributed by atoms with Crippen molar-refractivity contribution in [2.45, 2.75) is 32.9 Å². The van der Waals surface area contributed by atoms with E-state index < -0.39 is 0 Å². The van der Waals surface area contributed by atoms with E-state index in [0.717, 1.165) is 21.5 Å². The summed E-state index contributed by atoms with van der Waals surface area (Å²) in [5, 5.41) is 18.8. The van der Waals surface area contributed by atoms with Crippen LogP contribution in [0.2, 0.25) is 10.0 Å². The summed E-state index contributed by atoms with van der Waals surface area (Å²) in [5.41, 5.74) is 1.76. The molecule has 1 unspecified atom stereocenters. The van der Waals surface area contributed by atoms with Crippen molar-refractivity contribution < 1.29 is 9.90 Å². The molecular weight excluding hydrogens is 393 g/mol. The Hall–Kier alpha value is -1.60. The van der Waals surface area contributed by atoms with Gasteiger partial charge in [-0.25, -0.2) is 0 Å². The molecule has 0 aliphatic carbocycles. The lowest BCUT2D eigenvalue weighted by molar-refractivity contribution is 0.0919. The maximum atomic E-state index is 12.4. The molecule has 1 atom stereocenters. The summed E-state index contributed by atoms with van der Waals surface area (Å²) in [7, 11) is 0. The van der Waals surface area contributed by atoms with Crippen LogP contribution in [0.3, 0.4) is 0 Å². The van der Waals surface area contributed by atoms with Crippen LogP contribution in [0.5, 0.6) is 0 Å². The number of aromatic nitrogens is 2. The van der Waals surface area contributed by atoms with Gasteiger partial charge in [0.05, 0.1) is 29.8 Å². The number of amides is 1. The van der Waals surface area contributed by atoms with E-state index >= 15 is 0 Å². The molecule has 26 heavy (non-hydrogen) atoms. The van der Waals surface area contributed by atoms with Gasteiger partial charge in [0.2, 0.25) is 0 Å². The Morgan fingerprint density at radius 2 is 2.15 bits per heavy atom. The molecule has 1 amide bonds. The molecule has 0 saturated carbocycles. The average molecular weight is 412 g/mol. The fraction of sp³-hybridized carbons (Fsp3) is 0.333. The lowest BCUT2D eigenvalue weighted by Gasteiger charge is -2.12. The quantitative estimate of drug-likeness (QED) is 0.636. The van der Waals surface area contributed by atoms with Gasteiger partial charge in [-0.1, -0.05) is 36.2 Å². The van der Waals surface area contributed by atoms with Crippen molar-refractivity contribution in [3.05, 3.63) is 50.4 Å². The van der Waals surface area contributed by atoms with Crippen LogP contribution in [0.25, 0.3) is 10.2 Å². The first kappa shape index (κ1) is 19.2. The molecule has 3 aromatic rings. The van der Waals surface area contributed by atoms with Crippen LogP contribution in [-0.2, 0) is 6.54 Å². The zero-order chi connectivity index (χ0) is 18.8. The first-order valence-corrected chi connectivity index (χ1v) is 9.82. The second-order valence-corrected chi connectivity index (χ2v) is 7.94. The Kier molecular flexibility index (Phi) is 5.87. The molecule has 0 spiro atoms. The second-order valence-electron chi connectivity index (χ2n) is 6.07. The van der Waals surface area contributed by atoms with E-state index in [2.05, 4.69) is 10.4 Å². The van der Waals surface area contributed by atoms with Crippen molar-refractivity contribution in [1.29, 1.82) is 0 Å². The molecular formula is C18H19Cl2N3O2S. The molecule has 0 bridgehead atoms. The minimum atomic E-state index is -0.238. The topological polar surface area (TPSA) is 67.2 Å². The molecule has 5 nitrogen and oxygen atoms in total. The highest BCUT2D eigenvalue weighted by atomic mass is 35.5. The third-order valence-corrected chi connectivity index (χ3v) is 5.95. The zero-order valence-corrected chi connectivity index (χ0v) is 16.8. The SMILES string of the molecule is CCC(CO)NC(=O)c1cc2c(C)nn(Cc3ccc(Cl)cc3Cl)c2s1. The van der Waals surface area contributed by atoms with Gasteiger partial charge in [-0.05, 0) is 37.1 Å². The number of carbonyl (C=O) groups is 1. The summed E-state index contributed by atoms with van der Waals surface area (Å²) >= 11 is 13.6. The number of aryl methyl sites for hydroxylation is 1.